The third kappa shape index (κ3) is 2.76. The van der Waals surface area contributed by atoms with Gasteiger partial charge in [0.15, 0.2) is 0 Å². The number of rotatable bonds is 3. The number of nitrogens with zero attached hydrogens (tertiary/aromatic N) is 2. The average Bonchev–Trinajstić information content (AvgIpc) is 3.13. The molecule has 4 heteroatoms. The second-order valence-corrected chi connectivity index (χ2v) is 6.76. The van der Waals surface area contributed by atoms with Gasteiger partial charge in [-0.1, -0.05) is 0 Å². The molecule has 1 aromatic heterocycles. The van der Waals surface area contributed by atoms with E-state index in [0.717, 1.165) is 36.6 Å². The van der Waals surface area contributed by atoms with Crippen molar-refractivity contribution in [1.29, 1.82) is 0 Å². The Morgan fingerprint density at radius 2 is 2.33 bits per heavy atom. The molecule has 2 aliphatic rings. The van der Waals surface area contributed by atoms with Crippen molar-refractivity contribution >= 4 is 15.9 Å². The largest absolute Gasteiger partial charge is 0.309 e. The van der Waals surface area contributed by atoms with Gasteiger partial charge in [-0.05, 0) is 53.2 Å². The van der Waals surface area contributed by atoms with Crippen LogP contribution in [0.3, 0.4) is 0 Å². The number of pyridine rings is 1. The first-order valence-electron chi connectivity index (χ1n) is 6.72. The van der Waals surface area contributed by atoms with Crippen LogP contribution in [0, 0.1) is 5.92 Å². The molecule has 1 aliphatic carbocycles. The van der Waals surface area contributed by atoms with Gasteiger partial charge in [-0.3, -0.25) is 9.88 Å². The first-order chi connectivity index (χ1) is 8.66. The summed E-state index contributed by atoms with van der Waals surface area (Å²) in [4.78, 5) is 6.80. The highest BCUT2D eigenvalue weighted by Gasteiger charge is 2.43. The number of nitrogens with one attached hydrogen (secondary N) is 1. The van der Waals surface area contributed by atoms with Gasteiger partial charge < -0.3 is 5.32 Å². The summed E-state index contributed by atoms with van der Waals surface area (Å²) in [7, 11) is 0. The molecule has 1 aromatic rings. The van der Waals surface area contributed by atoms with Crippen LogP contribution < -0.4 is 5.32 Å². The van der Waals surface area contributed by atoms with Gasteiger partial charge in [0.25, 0.3) is 0 Å². The molecule has 0 spiro atoms. The molecular formula is C14H20BrN3. The summed E-state index contributed by atoms with van der Waals surface area (Å²) in [6.45, 7) is 6.79. The summed E-state index contributed by atoms with van der Waals surface area (Å²) >= 11 is 3.49. The van der Waals surface area contributed by atoms with E-state index in [-0.39, 0.29) is 0 Å². The van der Waals surface area contributed by atoms with Gasteiger partial charge in [-0.15, -0.1) is 0 Å². The highest BCUT2D eigenvalue weighted by Crippen LogP contribution is 2.40. The fourth-order valence-electron chi connectivity index (χ4n) is 3.03. The summed E-state index contributed by atoms with van der Waals surface area (Å²) in [6, 6.07) is 2.17. The highest BCUT2D eigenvalue weighted by atomic mass is 79.9. The Balaban J connectivity index is 1.66. The number of hydrogen-bond acceptors (Lipinski definition) is 3. The molecule has 0 aromatic carbocycles. The number of piperazine rings is 1. The van der Waals surface area contributed by atoms with Crippen LogP contribution in [0.5, 0.6) is 0 Å². The molecule has 1 saturated carbocycles. The maximum Gasteiger partial charge on any atom is 0.0410 e. The number of aromatic nitrogens is 1. The van der Waals surface area contributed by atoms with Crippen molar-refractivity contribution in [2.24, 2.45) is 5.92 Å². The van der Waals surface area contributed by atoms with Gasteiger partial charge in [0, 0.05) is 48.6 Å². The molecule has 0 radical (unpaired) electrons. The summed E-state index contributed by atoms with van der Waals surface area (Å²) in [5.74, 6) is 0.890. The average molecular weight is 310 g/mol. The third-order valence-corrected chi connectivity index (χ3v) is 4.59. The lowest BCUT2D eigenvalue weighted by atomic mass is 9.93. The first kappa shape index (κ1) is 12.6. The predicted octanol–water partition coefficient (Wildman–Crippen LogP) is 2.42. The normalized spacial score (nSPS) is 29.4. The minimum atomic E-state index is 0.331. The first-order valence-corrected chi connectivity index (χ1v) is 7.52. The van der Waals surface area contributed by atoms with Crippen LogP contribution >= 0.6 is 15.9 Å². The van der Waals surface area contributed by atoms with Gasteiger partial charge in [0.1, 0.15) is 0 Å². The molecule has 1 saturated heterocycles. The molecule has 2 fully saturated rings. The van der Waals surface area contributed by atoms with Crippen molar-refractivity contribution in [3.63, 3.8) is 0 Å². The van der Waals surface area contributed by atoms with Crippen LogP contribution in [0.25, 0.3) is 0 Å². The molecule has 2 heterocycles. The Kier molecular flexibility index (Phi) is 3.43. The molecule has 1 aliphatic heterocycles. The highest BCUT2D eigenvalue weighted by molar-refractivity contribution is 9.10. The third-order valence-electron chi connectivity index (χ3n) is 4.16. The summed E-state index contributed by atoms with van der Waals surface area (Å²) < 4.78 is 1.07. The van der Waals surface area contributed by atoms with Crippen LogP contribution in [0.4, 0.5) is 0 Å². The Hall–Kier alpha value is -0.450. The van der Waals surface area contributed by atoms with E-state index in [0.29, 0.717) is 5.54 Å². The Morgan fingerprint density at radius 3 is 3.06 bits per heavy atom. The molecule has 1 atom stereocenters. The Bertz CT molecular complexity index is 433. The van der Waals surface area contributed by atoms with Gasteiger partial charge in [0.05, 0.1) is 0 Å². The second-order valence-electron chi connectivity index (χ2n) is 5.84. The zero-order valence-electron chi connectivity index (χ0n) is 10.8. The molecule has 98 valence electrons. The maximum atomic E-state index is 4.24. The quantitative estimate of drug-likeness (QED) is 0.929. The van der Waals surface area contributed by atoms with Crippen molar-refractivity contribution in [3.05, 3.63) is 28.5 Å². The van der Waals surface area contributed by atoms with Crippen molar-refractivity contribution in [2.75, 3.05) is 19.6 Å². The van der Waals surface area contributed by atoms with E-state index < -0.39 is 0 Å². The predicted molar refractivity (Wildman–Crippen MR) is 76.3 cm³/mol. The van der Waals surface area contributed by atoms with Crippen molar-refractivity contribution in [2.45, 2.75) is 31.8 Å². The molecule has 3 nitrogen and oxygen atoms in total. The van der Waals surface area contributed by atoms with Crippen LogP contribution in [0.2, 0.25) is 0 Å². The van der Waals surface area contributed by atoms with E-state index in [2.05, 4.69) is 44.1 Å². The minimum Gasteiger partial charge on any atom is -0.309 e. The van der Waals surface area contributed by atoms with E-state index in [1.807, 2.05) is 12.4 Å². The maximum absolute atomic E-state index is 4.24. The number of hydrogen-bond donors (Lipinski definition) is 1. The molecule has 1 N–H and O–H groups in total. The SMILES string of the molecule is CC1(C2CC2)CN(Cc2cncc(Br)c2)CCN1. The second kappa shape index (κ2) is 4.91. The van der Waals surface area contributed by atoms with Crippen LogP contribution in [-0.2, 0) is 6.54 Å². The summed E-state index contributed by atoms with van der Waals surface area (Å²) in [6.07, 6.45) is 6.61. The van der Waals surface area contributed by atoms with E-state index in [4.69, 9.17) is 0 Å². The number of halogens is 1. The van der Waals surface area contributed by atoms with Gasteiger partial charge >= 0.3 is 0 Å². The zero-order chi connectivity index (χ0) is 12.6. The topological polar surface area (TPSA) is 28.2 Å². The van der Waals surface area contributed by atoms with E-state index >= 15 is 0 Å². The molecule has 18 heavy (non-hydrogen) atoms. The van der Waals surface area contributed by atoms with E-state index in [1.165, 1.54) is 18.4 Å². The van der Waals surface area contributed by atoms with Crippen molar-refractivity contribution in [3.8, 4) is 0 Å². The fourth-order valence-corrected chi connectivity index (χ4v) is 3.44. The van der Waals surface area contributed by atoms with Crippen molar-refractivity contribution < 1.29 is 0 Å². The molecule has 1 unspecified atom stereocenters. The van der Waals surface area contributed by atoms with Gasteiger partial charge in [-0.2, -0.15) is 0 Å². The lowest BCUT2D eigenvalue weighted by Crippen LogP contribution is -2.59. The Morgan fingerprint density at radius 1 is 1.50 bits per heavy atom. The molecule has 0 bridgehead atoms. The van der Waals surface area contributed by atoms with Crippen LogP contribution in [0.15, 0.2) is 22.9 Å². The van der Waals surface area contributed by atoms with Gasteiger partial charge in [-0.25, -0.2) is 0 Å². The molecule has 3 rings (SSSR count). The van der Waals surface area contributed by atoms with Gasteiger partial charge in [0.2, 0.25) is 0 Å². The van der Waals surface area contributed by atoms with Crippen LogP contribution in [-0.4, -0.2) is 35.1 Å². The van der Waals surface area contributed by atoms with E-state index in [9.17, 15) is 0 Å². The molecule has 0 amide bonds. The summed E-state index contributed by atoms with van der Waals surface area (Å²) in [5.41, 5.74) is 1.63. The standard InChI is InChI=1S/C14H20BrN3/c1-14(12-2-3-12)10-18(5-4-17-14)9-11-6-13(15)8-16-7-11/h6-8,12,17H,2-5,9-10H2,1H3. The lowest BCUT2D eigenvalue weighted by molar-refractivity contribution is 0.121. The summed E-state index contributed by atoms with van der Waals surface area (Å²) in [5, 5.41) is 3.72. The van der Waals surface area contributed by atoms with Crippen LogP contribution in [0.1, 0.15) is 25.3 Å². The smallest absolute Gasteiger partial charge is 0.0410 e. The van der Waals surface area contributed by atoms with Crippen molar-refractivity contribution in [1.82, 2.24) is 15.2 Å². The zero-order valence-corrected chi connectivity index (χ0v) is 12.4. The Labute approximate surface area is 117 Å². The lowest BCUT2D eigenvalue weighted by Gasteiger charge is -2.42. The molecular weight excluding hydrogens is 290 g/mol. The minimum absolute atomic E-state index is 0.331. The fraction of sp³-hybridized carbons (Fsp3) is 0.643. The monoisotopic (exact) mass is 309 g/mol. The van der Waals surface area contributed by atoms with E-state index in [1.54, 1.807) is 0 Å².